The van der Waals surface area contributed by atoms with E-state index in [2.05, 4.69) is 96.7 Å². The quantitative estimate of drug-likeness (QED) is 0.0418. The minimum atomic E-state index is -0.505. The average Bonchev–Trinajstić information content (AvgIpc) is 4.03. The van der Waals surface area contributed by atoms with Crippen molar-refractivity contribution in [2.24, 2.45) is 23.7 Å². The van der Waals surface area contributed by atoms with Crippen LogP contribution in [0.3, 0.4) is 0 Å². The van der Waals surface area contributed by atoms with E-state index in [9.17, 15) is 9.59 Å². The molecule has 5 heterocycles. The molecule has 0 fully saturated rings. The first kappa shape index (κ1) is 48.5. The highest BCUT2D eigenvalue weighted by Gasteiger charge is 2.43. The molecular weight excluding hydrogens is 921 g/mol. The molecule has 2 aliphatic heterocycles. The van der Waals surface area contributed by atoms with Crippen molar-refractivity contribution in [1.29, 1.82) is 0 Å². The summed E-state index contributed by atoms with van der Waals surface area (Å²) in [5, 5.41) is 6.91. The van der Waals surface area contributed by atoms with E-state index in [0.717, 1.165) is 80.4 Å². The third-order valence-corrected chi connectivity index (χ3v) is 20.1. The Bertz CT molecular complexity index is 3550. The first-order valence-corrected chi connectivity index (χ1v) is 28.2. The van der Waals surface area contributed by atoms with Gasteiger partial charge in [-0.1, -0.05) is 114 Å². The minimum Gasteiger partial charge on any atom is -0.274 e. The van der Waals surface area contributed by atoms with Crippen LogP contribution in [-0.2, 0) is 10.8 Å². The minimum absolute atomic E-state index is 0.0819. The maximum atomic E-state index is 15.1. The van der Waals surface area contributed by atoms with E-state index in [-0.39, 0.29) is 46.8 Å². The maximum Gasteiger partial charge on any atom is 0.261 e. The van der Waals surface area contributed by atoms with E-state index in [0.29, 0.717) is 58.5 Å². The number of rotatable bonds is 16. The molecular formula is C61H66N2O4S3. The third-order valence-electron chi connectivity index (χ3n) is 16.0. The third kappa shape index (κ3) is 7.27. The second kappa shape index (κ2) is 17.9. The van der Waals surface area contributed by atoms with E-state index < -0.39 is 5.41 Å². The molecule has 2 atom stereocenters. The second-order valence-electron chi connectivity index (χ2n) is 22.2. The number of benzene rings is 5. The van der Waals surface area contributed by atoms with Crippen LogP contribution in [0.5, 0.6) is 0 Å². The molecule has 70 heavy (non-hydrogen) atoms. The molecule has 0 saturated heterocycles. The lowest BCUT2D eigenvalue weighted by atomic mass is 9.64. The number of thiophene rings is 3. The lowest BCUT2D eigenvalue weighted by Gasteiger charge is -2.39. The number of hydrogen-bond acceptors (Lipinski definition) is 7. The second-order valence-corrected chi connectivity index (χ2v) is 25.4. The average molecular weight is 987 g/mol. The summed E-state index contributed by atoms with van der Waals surface area (Å²) in [4.78, 5) is 65.0. The summed E-state index contributed by atoms with van der Waals surface area (Å²) in [5.74, 6) is 6.63. The normalized spacial score (nSPS) is 16.1. The zero-order valence-electron chi connectivity index (χ0n) is 43.0. The number of imide groups is 2. The highest BCUT2D eigenvalue weighted by atomic mass is 32.1. The summed E-state index contributed by atoms with van der Waals surface area (Å²) in [6, 6.07) is 17.0. The van der Waals surface area contributed by atoms with Crippen LogP contribution in [-0.4, -0.2) is 46.5 Å². The fourth-order valence-electron chi connectivity index (χ4n) is 12.5. The molecule has 8 aromatic rings. The van der Waals surface area contributed by atoms with Crippen molar-refractivity contribution >= 4 is 120 Å². The molecule has 5 aromatic carbocycles. The van der Waals surface area contributed by atoms with Gasteiger partial charge < -0.3 is 0 Å². The van der Waals surface area contributed by atoms with Crippen LogP contribution in [0.15, 0.2) is 48.5 Å². The van der Waals surface area contributed by atoms with Crippen molar-refractivity contribution in [3.05, 3.63) is 81.2 Å². The Morgan fingerprint density at radius 2 is 1.11 bits per heavy atom. The number of carbonyl (C=O) groups excluding carboxylic acids is 4. The molecule has 10 rings (SSSR count). The number of nitrogens with zero attached hydrogens (tertiary/aromatic N) is 2. The summed E-state index contributed by atoms with van der Waals surface area (Å²) in [7, 11) is 0. The van der Waals surface area contributed by atoms with Gasteiger partial charge in [0, 0.05) is 88.1 Å². The molecule has 2 unspecified atom stereocenters. The standard InChI is InChI=1S/C61H66N2O4S3/c1-13-17-24-61(12,35(15-3)16-4)43-27-42-50-39(57(65)63(59(42)67)31-34(9)10)20-18-36-48-40(44-28-45-54(69-44)55-46(68-45)29-47(70-55)60(11,23-14-2)25-22-32(5)6)26-41-49-38(56(64)62(58(41)66)30-33(7)8)21-19-37(52(48)49)51(43)53(36)50/h18-21,26-29,32-35H,14-16,22-25,30-31H2,1-12H3. The number of hydrogen-bond donors (Lipinski definition) is 0. The topological polar surface area (TPSA) is 74.8 Å². The summed E-state index contributed by atoms with van der Waals surface area (Å²) in [6.45, 7) is 26.9. The first-order chi connectivity index (χ1) is 33.4. The molecule has 0 spiro atoms. The van der Waals surface area contributed by atoms with Crippen molar-refractivity contribution in [3.63, 3.8) is 0 Å². The molecule has 3 aromatic heterocycles. The molecule has 0 bridgehead atoms. The number of carbonyl (C=O) groups is 4. The van der Waals surface area contributed by atoms with Crippen molar-refractivity contribution in [1.82, 2.24) is 9.80 Å². The number of fused-ring (bicyclic) bond motifs is 5. The lowest BCUT2D eigenvalue weighted by Crippen LogP contribution is -2.43. The van der Waals surface area contributed by atoms with Crippen molar-refractivity contribution in [2.45, 2.75) is 139 Å². The smallest absolute Gasteiger partial charge is 0.261 e. The highest BCUT2D eigenvalue weighted by molar-refractivity contribution is 7.39. The van der Waals surface area contributed by atoms with Gasteiger partial charge in [0.15, 0.2) is 0 Å². The fourth-order valence-corrected chi connectivity index (χ4v) is 16.7. The van der Waals surface area contributed by atoms with Gasteiger partial charge in [-0.05, 0) is 118 Å². The fraction of sp³-hybridized carbons (Fsp3) is 0.443. The van der Waals surface area contributed by atoms with Gasteiger partial charge in [0.2, 0.25) is 0 Å². The lowest BCUT2D eigenvalue weighted by molar-refractivity contribution is 0.0577. The summed E-state index contributed by atoms with van der Waals surface area (Å²) >= 11 is 5.60. The Morgan fingerprint density at radius 3 is 1.67 bits per heavy atom. The van der Waals surface area contributed by atoms with E-state index in [1.807, 2.05) is 69.4 Å². The predicted octanol–water partition coefficient (Wildman–Crippen LogP) is 17.0. The largest absolute Gasteiger partial charge is 0.274 e. The van der Waals surface area contributed by atoms with Gasteiger partial charge in [0.25, 0.3) is 23.6 Å². The zero-order valence-corrected chi connectivity index (χ0v) is 45.5. The Labute approximate surface area is 425 Å². The van der Waals surface area contributed by atoms with Crippen LogP contribution in [0, 0.1) is 35.5 Å². The molecule has 0 radical (unpaired) electrons. The molecule has 9 heteroatoms. The van der Waals surface area contributed by atoms with Crippen molar-refractivity contribution < 1.29 is 19.2 Å². The number of amides is 4. The van der Waals surface area contributed by atoms with Crippen LogP contribution < -0.4 is 0 Å². The van der Waals surface area contributed by atoms with Crippen LogP contribution in [0.25, 0.3) is 72.3 Å². The Balaban J connectivity index is 1.36. The van der Waals surface area contributed by atoms with Gasteiger partial charge in [-0.25, -0.2) is 0 Å². The predicted molar refractivity (Wildman–Crippen MR) is 298 cm³/mol. The SMILES string of the molecule is CC#CCC(C)(c1cc2c3c(ccc4c5c(-c6cc7sc8cc(C(C)(CCC)CCC(C)C)sc8c7s6)cc6c7c(ccc(c1c34)c75)C(=O)N(CC(C)C)C6=O)C(=O)N(CC(C)C)C2=O)C(CC)CC. The summed E-state index contributed by atoms with van der Waals surface area (Å²) in [6.07, 6.45) is 7.03. The Hall–Kier alpha value is -5.14. The van der Waals surface area contributed by atoms with Crippen LogP contribution >= 0.6 is 34.0 Å². The van der Waals surface area contributed by atoms with Gasteiger partial charge in [0.1, 0.15) is 0 Å². The summed E-state index contributed by atoms with van der Waals surface area (Å²) < 4.78 is 5.14. The Kier molecular flexibility index (Phi) is 12.4. The first-order valence-electron chi connectivity index (χ1n) is 25.8. The molecule has 0 aliphatic carbocycles. The maximum absolute atomic E-state index is 15.1. The molecule has 0 saturated carbocycles. The van der Waals surface area contributed by atoms with Crippen molar-refractivity contribution in [2.75, 3.05) is 13.1 Å². The van der Waals surface area contributed by atoms with Gasteiger partial charge >= 0.3 is 0 Å². The van der Waals surface area contributed by atoms with Crippen LogP contribution in [0.2, 0.25) is 0 Å². The van der Waals surface area contributed by atoms with Crippen LogP contribution in [0.4, 0.5) is 0 Å². The van der Waals surface area contributed by atoms with Gasteiger partial charge in [-0.3, -0.25) is 29.0 Å². The zero-order chi connectivity index (χ0) is 49.9. The molecule has 6 nitrogen and oxygen atoms in total. The van der Waals surface area contributed by atoms with E-state index >= 15 is 9.59 Å². The van der Waals surface area contributed by atoms with Gasteiger partial charge in [0.05, 0.1) is 9.40 Å². The van der Waals surface area contributed by atoms with Crippen molar-refractivity contribution in [3.8, 4) is 22.3 Å². The van der Waals surface area contributed by atoms with E-state index in [4.69, 9.17) is 0 Å². The molecule has 0 N–H and O–H groups in total. The highest BCUT2D eigenvalue weighted by Crippen LogP contribution is 2.56. The van der Waals surface area contributed by atoms with E-state index in [1.165, 1.54) is 39.9 Å². The molecule has 4 amide bonds. The monoisotopic (exact) mass is 986 g/mol. The van der Waals surface area contributed by atoms with Crippen LogP contribution in [0.1, 0.15) is 180 Å². The van der Waals surface area contributed by atoms with Gasteiger partial charge in [-0.2, -0.15) is 0 Å². The van der Waals surface area contributed by atoms with Gasteiger partial charge in [-0.15, -0.1) is 45.9 Å². The van der Waals surface area contributed by atoms with E-state index in [1.54, 1.807) is 11.3 Å². The Morgan fingerprint density at radius 1 is 0.571 bits per heavy atom. The molecule has 2 aliphatic rings. The summed E-state index contributed by atoms with van der Waals surface area (Å²) in [5.41, 5.74) is 3.71. The molecule has 362 valence electrons.